The average Bonchev–Trinajstić information content (AvgIpc) is 2.77. The number of carbonyl (C=O) groups excluding carboxylic acids is 1. The van der Waals surface area contributed by atoms with Gasteiger partial charge in [0.25, 0.3) is 0 Å². The van der Waals surface area contributed by atoms with E-state index in [0.29, 0.717) is 22.6 Å². The van der Waals surface area contributed by atoms with Crippen LogP contribution in [0.4, 0.5) is 10.5 Å². The smallest absolute Gasteiger partial charge is 0.410 e. The molecule has 1 aromatic heterocycles. The molecule has 6 nitrogen and oxygen atoms in total. The molecule has 2 fully saturated rings. The van der Waals surface area contributed by atoms with Crippen molar-refractivity contribution in [3.05, 3.63) is 22.4 Å². The first-order chi connectivity index (χ1) is 10.8. The van der Waals surface area contributed by atoms with Crippen LogP contribution in [0.3, 0.4) is 0 Å². The molecule has 2 atom stereocenters. The number of halogens is 1. The van der Waals surface area contributed by atoms with Gasteiger partial charge in [-0.05, 0) is 42.8 Å². The maximum Gasteiger partial charge on any atom is 0.410 e. The van der Waals surface area contributed by atoms with Crippen LogP contribution < -0.4 is 4.90 Å². The summed E-state index contributed by atoms with van der Waals surface area (Å²) in [6, 6.07) is 4.24. The number of nitrogens with zero attached hydrogens (tertiary/aromatic N) is 4. The van der Waals surface area contributed by atoms with Gasteiger partial charge >= 0.3 is 6.09 Å². The quantitative estimate of drug-likeness (QED) is 0.702. The Balaban J connectivity index is 1.68. The van der Waals surface area contributed by atoms with Crippen LogP contribution in [-0.4, -0.2) is 47.3 Å². The molecule has 3 heterocycles. The summed E-state index contributed by atoms with van der Waals surface area (Å²) >= 11 is 3.27. The zero-order valence-electron chi connectivity index (χ0n) is 13.4. The standard InChI is InChI=1S/C16H19BrN4O2/c1-16(2,3)23-15(22)20-7-11-8-21(13(11)9-20)12-4-10(5-18)14(17)19-6-12/h4,6,11,13H,7-9H2,1-3H3/t11-,13-/m1/s1. The van der Waals surface area contributed by atoms with Crippen molar-refractivity contribution in [2.45, 2.75) is 32.4 Å². The van der Waals surface area contributed by atoms with E-state index in [2.05, 4.69) is 31.9 Å². The maximum absolute atomic E-state index is 12.2. The second-order valence-electron chi connectivity index (χ2n) is 7.01. The van der Waals surface area contributed by atoms with Gasteiger partial charge in [0.05, 0.1) is 23.5 Å². The molecule has 0 N–H and O–H groups in total. The molecule has 0 unspecified atom stereocenters. The predicted molar refractivity (Wildman–Crippen MR) is 89.1 cm³/mol. The summed E-state index contributed by atoms with van der Waals surface area (Å²) in [5, 5.41) is 9.12. The number of likely N-dealkylation sites (tertiary alicyclic amines) is 1. The van der Waals surface area contributed by atoms with Gasteiger partial charge in [-0.3, -0.25) is 0 Å². The van der Waals surface area contributed by atoms with Gasteiger partial charge in [-0.25, -0.2) is 9.78 Å². The van der Waals surface area contributed by atoms with Crippen LogP contribution in [0.25, 0.3) is 0 Å². The van der Waals surface area contributed by atoms with Crippen LogP contribution in [0.15, 0.2) is 16.9 Å². The number of fused-ring (bicyclic) bond motifs is 1. The largest absolute Gasteiger partial charge is 0.444 e. The third-order valence-corrected chi connectivity index (χ3v) is 4.80. The molecule has 0 bridgehead atoms. The van der Waals surface area contributed by atoms with Crippen molar-refractivity contribution in [3.63, 3.8) is 0 Å². The number of pyridine rings is 1. The van der Waals surface area contributed by atoms with Gasteiger partial charge < -0.3 is 14.5 Å². The van der Waals surface area contributed by atoms with Gasteiger partial charge in [0.1, 0.15) is 16.3 Å². The monoisotopic (exact) mass is 378 g/mol. The lowest BCUT2D eigenvalue weighted by Gasteiger charge is -2.45. The van der Waals surface area contributed by atoms with Crippen molar-refractivity contribution in [3.8, 4) is 6.07 Å². The Kier molecular flexibility index (Phi) is 3.96. The summed E-state index contributed by atoms with van der Waals surface area (Å²) in [6.07, 6.45) is 1.51. The molecule has 1 aromatic rings. The van der Waals surface area contributed by atoms with Crippen molar-refractivity contribution in [1.29, 1.82) is 5.26 Å². The number of hydrogen-bond acceptors (Lipinski definition) is 5. The highest BCUT2D eigenvalue weighted by Crippen LogP contribution is 2.37. The van der Waals surface area contributed by atoms with Crippen LogP contribution in [0.2, 0.25) is 0 Å². The van der Waals surface area contributed by atoms with Gasteiger partial charge in [-0.2, -0.15) is 5.26 Å². The van der Waals surface area contributed by atoms with Crippen LogP contribution in [0.5, 0.6) is 0 Å². The second kappa shape index (κ2) is 5.68. The number of ether oxygens (including phenoxy) is 1. The minimum atomic E-state index is -0.476. The van der Waals surface area contributed by atoms with Gasteiger partial charge in [0.2, 0.25) is 0 Å². The lowest BCUT2D eigenvalue weighted by atomic mass is 9.91. The molecule has 2 aliphatic rings. The molecular weight excluding hydrogens is 360 g/mol. The second-order valence-corrected chi connectivity index (χ2v) is 7.76. The van der Waals surface area contributed by atoms with Crippen molar-refractivity contribution in [2.24, 2.45) is 5.92 Å². The maximum atomic E-state index is 12.2. The summed E-state index contributed by atoms with van der Waals surface area (Å²) in [5.74, 6) is 0.455. The summed E-state index contributed by atoms with van der Waals surface area (Å²) in [5.41, 5.74) is 0.973. The van der Waals surface area contributed by atoms with E-state index in [-0.39, 0.29) is 12.1 Å². The Morgan fingerprint density at radius 1 is 1.43 bits per heavy atom. The molecule has 23 heavy (non-hydrogen) atoms. The van der Waals surface area contributed by atoms with Crippen LogP contribution in [0, 0.1) is 17.2 Å². The number of nitriles is 1. The van der Waals surface area contributed by atoms with Gasteiger partial charge in [-0.1, -0.05) is 0 Å². The fraction of sp³-hybridized carbons (Fsp3) is 0.562. The number of hydrogen-bond donors (Lipinski definition) is 0. The molecule has 1 amide bonds. The predicted octanol–water partition coefficient (Wildman–Crippen LogP) is 2.77. The Hall–Kier alpha value is -1.81. The molecule has 3 rings (SSSR count). The van der Waals surface area contributed by atoms with E-state index in [1.807, 2.05) is 26.8 Å². The highest BCUT2D eigenvalue weighted by atomic mass is 79.9. The zero-order valence-corrected chi connectivity index (χ0v) is 15.0. The van der Waals surface area contributed by atoms with E-state index in [0.717, 1.165) is 18.8 Å². The number of aromatic nitrogens is 1. The Labute approximate surface area is 144 Å². The van der Waals surface area contributed by atoms with Gasteiger partial charge in [-0.15, -0.1) is 0 Å². The first kappa shape index (κ1) is 16.1. The first-order valence-corrected chi connectivity index (χ1v) is 8.38. The minimum absolute atomic E-state index is 0.251. The van der Waals surface area contributed by atoms with Crippen LogP contribution >= 0.6 is 15.9 Å². The molecule has 2 saturated heterocycles. The van der Waals surface area contributed by atoms with E-state index in [1.165, 1.54) is 0 Å². The molecule has 2 aliphatic heterocycles. The number of amides is 1. The highest BCUT2D eigenvalue weighted by Gasteiger charge is 2.48. The number of anilines is 1. The van der Waals surface area contributed by atoms with Gasteiger partial charge in [0.15, 0.2) is 0 Å². The summed E-state index contributed by atoms with van der Waals surface area (Å²) in [4.78, 5) is 20.4. The fourth-order valence-corrected chi connectivity index (χ4v) is 3.39. The van der Waals surface area contributed by atoms with Crippen molar-refractivity contribution in [2.75, 3.05) is 24.5 Å². The van der Waals surface area contributed by atoms with E-state index in [4.69, 9.17) is 10.00 Å². The van der Waals surface area contributed by atoms with Gasteiger partial charge in [0, 0.05) is 25.6 Å². The van der Waals surface area contributed by atoms with E-state index < -0.39 is 5.60 Å². The molecule has 0 aliphatic carbocycles. The van der Waals surface area contributed by atoms with E-state index in [9.17, 15) is 4.79 Å². The average molecular weight is 379 g/mol. The minimum Gasteiger partial charge on any atom is -0.444 e. The van der Waals surface area contributed by atoms with Crippen LogP contribution in [0.1, 0.15) is 26.3 Å². The summed E-state index contributed by atoms with van der Waals surface area (Å²) in [7, 11) is 0. The molecule has 0 aromatic carbocycles. The summed E-state index contributed by atoms with van der Waals surface area (Å²) in [6.45, 7) is 7.87. The molecule has 0 radical (unpaired) electrons. The SMILES string of the molecule is CC(C)(C)OC(=O)N1C[C@@H]2CN(c3cnc(Br)c(C#N)c3)[C@@H]2C1. The lowest BCUT2D eigenvalue weighted by molar-refractivity contribution is 0.0291. The first-order valence-electron chi connectivity index (χ1n) is 7.58. The zero-order chi connectivity index (χ0) is 16.8. The van der Waals surface area contributed by atoms with Crippen LogP contribution in [-0.2, 0) is 4.74 Å². The van der Waals surface area contributed by atoms with E-state index in [1.54, 1.807) is 11.1 Å². The van der Waals surface area contributed by atoms with Crippen molar-refractivity contribution < 1.29 is 9.53 Å². The Bertz CT molecular complexity index is 680. The van der Waals surface area contributed by atoms with Crippen molar-refractivity contribution in [1.82, 2.24) is 9.88 Å². The number of carbonyl (C=O) groups is 1. The third kappa shape index (κ3) is 3.13. The molecule has 0 saturated carbocycles. The number of rotatable bonds is 1. The van der Waals surface area contributed by atoms with E-state index >= 15 is 0 Å². The molecular formula is C16H19BrN4O2. The topological polar surface area (TPSA) is 69.5 Å². The Morgan fingerprint density at radius 3 is 2.83 bits per heavy atom. The molecule has 122 valence electrons. The lowest BCUT2D eigenvalue weighted by Crippen LogP contribution is -2.55. The third-order valence-electron chi connectivity index (χ3n) is 4.17. The molecule has 0 spiro atoms. The van der Waals surface area contributed by atoms with Crippen molar-refractivity contribution >= 4 is 27.7 Å². The highest BCUT2D eigenvalue weighted by molar-refractivity contribution is 9.10. The Morgan fingerprint density at radius 2 is 2.17 bits per heavy atom. The fourth-order valence-electron chi connectivity index (χ4n) is 3.08. The normalized spacial score (nSPS) is 23.1. The molecule has 7 heteroatoms. The summed E-state index contributed by atoms with van der Waals surface area (Å²) < 4.78 is 6.00.